The second-order valence-corrected chi connectivity index (χ2v) is 7.43. The van der Waals surface area contributed by atoms with Gasteiger partial charge in [0.25, 0.3) is 0 Å². The van der Waals surface area contributed by atoms with Crippen molar-refractivity contribution in [3.8, 4) is 5.75 Å². The molecular formula is C21H23N3O3S. The van der Waals surface area contributed by atoms with Crippen LogP contribution in [0.3, 0.4) is 0 Å². The number of amides is 2. The summed E-state index contributed by atoms with van der Waals surface area (Å²) in [5.41, 5.74) is 1.71. The summed E-state index contributed by atoms with van der Waals surface area (Å²) >= 11 is 1.33. The molecule has 1 N–H and O–H groups in total. The van der Waals surface area contributed by atoms with Gasteiger partial charge >= 0.3 is 0 Å². The Hall–Kier alpha value is -2.80. The largest absolute Gasteiger partial charge is 0.497 e. The van der Waals surface area contributed by atoms with Crippen molar-refractivity contribution in [2.24, 2.45) is 4.99 Å². The van der Waals surface area contributed by atoms with Gasteiger partial charge in [-0.2, -0.15) is 0 Å². The predicted octanol–water partition coefficient (Wildman–Crippen LogP) is 3.35. The molecule has 1 aliphatic heterocycles. The molecule has 7 heteroatoms. The molecule has 1 aliphatic rings. The third kappa shape index (κ3) is 4.92. The molecule has 0 saturated carbocycles. The van der Waals surface area contributed by atoms with Crippen molar-refractivity contribution >= 4 is 34.4 Å². The monoisotopic (exact) mass is 397 g/mol. The number of nitrogens with one attached hydrogen (secondary N) is 1. The molecule has 6 nitrogen and oxygen atoms in total. The highest BCUT2D eigenvalue weighted by molar-refractivity contribution is 8.15. The SMILES string of the molecule is CCNC(=O)[C@@H]1CC(=O)N(Cc2ccccc2)C(=Nc2ccc(OC)cc2)S1. The lowest BCUT2D eigenvalue weighted by atomic mass is 10.2. The fraction of sp³-hybridized carbons (Fsp3) is 0.286. The van der Waals surface area contributed by atoms with Crippen LogP contribution in [0.15, 0.2) is 59.6 Å². The maximum Gasteiger partial charge on any atom is 0.234 e. The molecule has 0 aliphatic carbocycles. The molecular weight excluding hydrogens is 374 g/mol. The number of nitrogens with zero attached hydrogens (tertiary/aromatic N) is 2. The lowest BCUT2D eigenvalue weighted by Gasteiger charge is -2.31. The standard InChI is InChI=1S/C21H23N3O3S/c1-3-22-20(26)18-13-19(25)24(14-15-7-5-4-6-8-15)21(28-18)23-16-9-11-17(27-2)12-10-16/h4-12,18H,3,13-14H2,1-2H3,(H,22,26)/t18-/m0/s1. The number of rotatable bonds is 6. The molecule has 2 aromatic carbocycles. The zero-order chi connectivity index (χ0) is 19.9. The van der Waals surface area contributed by atoms with Crippen LogP contribution in [0.25, 0.3) is 0 Å². The first-order chi connectivity index (χ1) is 13.6. The molecule has 1 atom stereocenters. The van der Waals surface area contributed by atoms with Gasteiger partial charge in [0, 0.05) is 13.0 Å². The van der Waals surface area contributed by atoms with E-state index in [9.17, 15) is 9.59 Å². The number of carbonyl (C=O) groups is 2. The molecule has 2 aromatic rings. The van der Waals surface area contributed by atoms with Gasteiger partial charge in [0.2, 0.25) is 11.8 Å². The highest BCUT2D eigenvalue weighted by atomic mass is 32.2. The minimum absolute atomic E-state index is 0.105. The van der Waals surface area contributed by atoms with Gasteiger partial charge in [0.05, 0.1) is 24.6 Å². The van der Waals surface area contributed by atoms with Gasteiger partial charge in [-0.25, -0.2) is 4.99 Å². The van der Waals surface area contributed by atoms with Crippen molar-refractivity contribution in [2.75, 3.05) is 13.7 Å². The minimum Gasteiger partial charge on any atom is -0.497 e. The van der Waals surface area contributed by atoms with E-state index in [0.717, 1.165) is 11.3 Å². The van der Waals surface area contributed by atoms with Gasteiger partial charge in [-0.15, -0.1) is 0 Å². The number of aliphatic imine (C=N–C) groups is 1. The molecule has 2 amide bonds. The van der Waals surface area contributed by atoms with Crippen LogP contribution in [-0.4, -0.2) is 40.8 Å². The Morgan fingerprint density at radius 3 is 2.57 bits per heavy atom. The zero-order valence-electron chi connectivity index (χ0n) is 15.9. The molecule has 28 heavy (non-hydrogen) atoms. The van der Waals surface area contributed by atoms with Crippen molar-refractivity contribution < 1.29 is 14.3 Å². The first kappa shape index (κ1) is 19.9. The predicted molar refractivity (Wildman–Crippen MR) is 112 cm³/mol. The number of amidine groups is 1. The Balaban J connectivity index is 1.90. The number of ether oxygens (including phenoxy) is 1. The van der Waals surface area contributed by atoms with E-state index in [2.05, 4.69) is 10.3 Å². The molecule has 0 spiro atoms. The Labute approximate surface area is 169 Å². The fourth-order valence-electron chi connectivity index (χ4n) is 2.82. The van der Waals surface area contributed by atoms with Crippen LogP contribution >= 0.6 is 11.8 Å². The first-order valence-corrected chi connectivity index (χ1v) is 10.00. The van der Waals surface area contributed by atoms with Crippen LogP contribution in [0.4, 0.5) is 5.69 Å². The normalized spacial score (nSPS) is 18.2. The number of hydrogen-bond acceptors (Lipinski definition) is 5. The number of carbonyl (C=O) groups excluding carboxylic acids is 2. The molecule has 146 valence electrons. The molecule has 0 aromatic heterocycles. The number of thioether (sulfide) groups is 1. The van der Waals surface area contributed by atoms with E-state index in [1.54, 1.807) is 12.0 Å². The minimum atomic E-state index is -0.475. The van der Waals surface area contributed by atoms with Gasteiger partial charge in [0.1, 0.15) is 5.75 Å². The summed E-state index contributed by atoms with van der Waals surface area (Å²) in [6, 6.07) is 17.0. The average molecular weight is 398 g/mol. The lowest BCUT2D eigenvalue weighted by molar-refractivity contribution is -0.130. The van der Waals surface area contributed by atoms with Crippen LogP contribution in [-0.2, 0) is 16.1 Å². The van der Waals surface area contributed by atoms with E-state index in [4.69, 9.17) is 4.74 Å². The summed E-state index contributed by atoms with van der Waals surface area (Å²) in [4.78, 5) is 31.5. The molecule has 1 saturated heterocycles. The van der Waals surface area contributed by atoms with E-state index in [-0.39, 0.29) is 18.2 Å². The Bertz CT molecular complexity index is 853. The Morgan fingerprint density at radius 1 is 1.21 bits per heavy atom. The first-order valence-electron chi connectivity index (χ1n) is 9.12. The number of hydrogen-bond donors (Lipinski definition) is 1. The summed E-state index contributed by atoms with van der Waals surface area (Å²) < 4.78 is 5.18. The second-order valence-electron chi connectivity index (χ2n) is 6.26. The van der Waals surface area contributed by atoms with Crippen molar-refractivity contribution in [1.29, 1.82) is 0 Å². The Kier molecular flexibility index (Phi) is 6.71. The van der Waals surface area contributed by atoms with Crippen molar-refractivity contribution in [2.45, 2.75) is 25.1 Å². The lowest BCUT2D eigenvalue weighted by Crippen LogP contribution is -2.46. The molecule has 0 unspecified atom stereocenters. The third-order valence-electron chi connectivity index (χ3n) is 4.26. The topological polar surface area (TPSA) is 71.0 Å². The van der Waals surface area contributed by atoms with Crippen molar-refractivity contribution in [3.05, 3.63) is 60.2 Å². The van der Waals surface area contributed by atoms with E-state index in [0.29, 0.717) is 23.9 Å². The van der Waals surface area contributed by atoms with Crippen LogP contribution in [0, 0.1) is 0 Å². The van der Waals surface area contributed by atoms with Gasteiger partial charge in [-0.1, -0.05) is 42.1 Å². The molecule has 0 radical (unpaired) electrons. The van der Waals surface area contributed by atoms with Gasteiger partial charge in [-0.05, 0) is 36.8 Å². The highest BCUT2D eigenvalue weighted by Gasteiger charge is 2.35. The summed E-state index contributed by atoms with van der Waals surface area (Å²) in [5.74, 6) is 0.492. The van der Waals surface area contributed by atoms with Gasteiger partial charge in [0.15, 0.2) is 5.17 Å². The van der Waals surface area contributed by atoms with E-state index in [1.807, 2.05) is 61.5 Å². The average Bonchev–Trinajstić information content (AvgIpc) is 2.72. The maximum atomic E-state index is 12.9. The van der Waals surface area contributed by atoms with Gasteiger partial charge in [-0.3, -0.25) is 14.5 Å². The molecule has 0 bridgehead atoms. The fourth-order valence-corrected chi connectivity index (χ4v) is 3.94. The molecule has 3 rings (SSSR count). The highest BCUT2D eigenvalue weighted by Crippen LogP contribution is 2.30. The summed E-state index contributed by atoms with van der Waals surface area (Å²) in [7, 11) is 1.61. The zero-order valence-corrected chi connectivity index (χ0v) is 16.7. The van der Waals surface area contributed by atoms with E-state index < -0.39 is 5.25 Å². The van der Waals surface area contributed by atoms with Crippen molar-refractivity contribution in [1.82, 2.24) is 10.2 Å². The van der Waals surface area contributed by atoms with E-state index in [1.165, 1.54) is 11.8 Å². The van der Waals surface area contributed by atoms with Crippen molar-refractivity contribution in [3.63, 3.8) is 0 Å². The summed E-state index contributed by atoms with van der Waals surface area (Å²) in [6.07, 6.45) is 0.158. The number of benzene rings is 2. The summed E-state index contributed by atoms with van der Waals surface area (Å²) in [6.45, 7) is 2.81. The van der Waals surface area contributed by atoms with Crippen LogP contribution < -0.4 is 10.1 Å². The third-order valence-corrected chi connectivity index (χ3v) is 5.45. The summed E-state index contributed by atoms with van der Waals surface area (Å²) in [5, 5.41) is 2.85. The maximum absolute atomic E-state index is 12.9. The Morgan fingerprint density at radius 2 is 1.93 bits per heavy atom. The second kappa shape index (κ2) is 9.41. The molecule has 1 heterocycles. The quantitative estimate of drug-likeness (QED) is 0.811. The van der Waals surface area contributed by atoms with Crippen LogP contribution in [0.2, 0.25) is 0 Å². The van der Waals surface area contributed by atoms with Crippen LogP contribution in [0.1, 0.15) is 18.9 Å². The smallest absolute Gasteiger partial charge is 0.234 e. The number of methoxy groups -OCH3 is 1. The van der Waals surface area contributed by atoms with Gasteiger partial charge < -0.3 is 10.1 Å². The van der Waals surface area contributed by atoms with Crippen LogP contribution in [0.5, 0.6) is 5.75 Å². The molecule has 1 fully saturated rings. The van der Waals surface area contributed by atoms with E-state index >= 15 is 0 Å².